The van der Waals surface area contributed by atoms with E-state index >= 15 is 0 Å². The molecule has 2 rings (SSSR count). The third kappa shape index (κ3) is 1.50. The van der Waals surface area contributed by atoms with Crippen LogP contribution in [-0.4, -0.2) is 48.1 Å². The van der Waals surface area contributed by atoms with Crippen LogP contribution in [0.1, 0.15) is 33.1 Å². The maximum atomic E-state index is 2.59. The lowest BCUT2D eigenvalue weighted by molar-refractivity contribution is -0.0776. The summed E-state index contributed by atoms with van der Waals surface area (Å²) in [4.78, 5) is 5.18. The van der Waals surface area contributed by atoms with Crippen molar-refractivity contribution in [2.24, 2.45) is 0 Å². The molecule has 0 aromatic carbocycles. The molecule has 0 aromatic rings. The Kier molecular flexibility index (Phi) is 2.37. The summed E-state index contributed by atoms with van der Waals surface area (Å²) in [5.41, 5.74) is 0.572. The van der Waals surface area contributed by atoms with E-state index in [0.717, 1.165) is 6.04 Å². The largest absolute Gasteiger partial charge is 0.298 e. The van der Waals surface area contributed by atoms with E-state index in [-0.39, 0.29) is 0 Å². The van der Waals surface area contributed by atoms with Crippen LogP contribution in [0.4, 0.5) is 0 Å². The average molecular weight is 182 g/mol. The maximum absolute atomic E-state index is 2.59. The highest BCUT2D eigenvalue weighted by Crippen LogP contribution is 2.36. The first kappa shape index (κ1) is 9.47. The van der Waals surface area contributed by atoms with E-state index in [1.165, 1.54) is 38.9 Å². The van der Waals surface area contributed by atoms with Gasteiger partial charge >= 0.3 is 0 Å². The first-order valence-corrected chi connectivity index (χ1v) is 5.59. The van der Waals surface area contributed by atoms with Crippen molar-refractivity contribution in [2.75, 3.05) is 26.7 Å². The van der Waals surface area contributed by atoms with Crippen LogP contribution in [0.2, 0.25) is 0 Å². The third-order valence-electron chi connectivity index (χ3n) is 3.92. The highest BCUT2D eigenvalue weighted by molar-refractivity contribution is 5.05. The number of hydrogen-bond donors (Lipinski definition) is 0. The molecule has 0 saturated carbocycles. The zero-order chi connectivity index (χ0) is 9.47. The van der Waals surface area contributed by atoms with Crippen molar-refractivity contribution in [3.05, 3.63) is 0 Å². The molecule has 2 aliphatic rings. The predicted molar refractivity (Wildman–Crippen MR) is 55.9 cm³/mol. The second-order valence-electron chi connectivity index (χ2n) is 5.10. The Bertz CT molecular complexity index is 183. The van der Waals surface area contributed by atoms with E-state index in [0.29, 0.717) is 5.54 Å². The first-order chi connectivity index (χ1) is 6.14. The fourth-order valence-electron chi connectivity index (χ4n) is 2.71. The van der Waals surface area contributed by atoms with E-state index in [1.807, 2.05) is 0 Å². The molecule has 0 bridgehead atoms. The van der Waals surface area contributed by atoms with Gasteiger partial charge in [0.15, 0.2) is 0 Å². The Morgan fingerprint density at radius 1 is 1.15 bits per heavy atom. The lowest BCUT2D eigenvalue weighted by Gasteiger charge is -2.58. The summed E-state index contributed by atoms with van der Waals surface area (Å²) in [5, 5.41) is 0. The average Bonchev–Trinajstić information content (AvgIpc) is 2.01. The Balaban J connectivity index is 1.93. The third-order valence-corrected chi connectivity index (χ3v) is 3.92. The molecule has 1 spiro atoms. The molecule has 2 heterocycles. The minimum absolute atomic E-state index is 0.572. The molecule has 0 radical (unpaired) electrons. The molecular weight excluding hydrogens is 160 g/mol. The van der Waals surface area contributed by atoms with E-state index in [9.17, 15) is 0 Å². The van der Waals surface area contributed by atoms with Crippen LogP contribution >= 0.6 is 0 Å². The minimum atomic E-state index is 0.572. The van der Waals surface area contributed by atoms with Gasteiger partial charge in [0.25, 0.3) is 0 Å². The molecule has 2 saturated heterocycles. The van der Waals surface area contributed by atoms with Gasteiger partial charge in [-0.25, -0.2) is 0 Å². The van der Waals surface area contributed by atoms with Crippen molar-refractivity contribution in [3.63, 3.8) is 0 Å². The highest BCUT2D eigenvalue weighted by Gasteiger charge is 2.47. The van der Waals surface area contributed by atoms with Gasteiger partial charge in [-0.2, -0.15) is 0 Å². The molecular formula is C11H22N2. The number of nitrogens with zero attached hydrogens (tertiary/aromatic N) is 2. The lowest BCUT2D eigenvalue weighted by Crippen LogP contribution is -2.71. The SMILES string of the molecule is CC(C)N1CC2(CCCCN2C)C1. The highest BCUT2D eigenvalue weighted by atomic mass is 15.4. The van der Waals surface area contributed by atoms with Gasteiger partial charge in [-0.1, -0.05) is 6.42 Å². The molecule has 0 aliphatic carbocycles. The van der Waals surface area contributed by atoms with Crippen molar-refractivity contribution in [3.8, 4) is 0 Å². The van der Waals surface area contributed by atoms with E-state index in [4.69, 9.17) is 0 Å². The number of hydrogen-bond acceptors (Lipinski definition) is 2. The molecule has 0 atom stereocenters. The van der Waals surface area contributed by atoms with Crippen LogP contribution in [0, 0.1) is 0 Å². The van der Waals surface area contributed by atoms with Crippen LogP contribution in [0.15, 0.2) is 0 Å². The van der Waals surface area contributed by atoms with E-state index in [2.05, 4.69) is 30.7 Å². The van der Waals surface area contributed by atoms with Gasteiger partial charge in [0.05, 0.1) is 0 Å². The summed E-state index contributed by atoms with van der Waals surface area (Å²) in [6.07, 6.45) is 4.27. The smallest absolute Gasteiger partial charge is 0.0460 e. The van der Waals surface area contributed by atoms with Crippen molar-refractivity contribution >= 4 is 0 Å². The minimum Gasteiger partial charge on any atom is -0.298 e. The fourth-order valence-corrected chi connectivity index (χ4v) is 2.71. The molecule has 2 heteroatoms. The fraction of sp³-hybridized carbons (Fsp3) is 1.00. The standard InChI is InChI=1S/C11H22N2/c1-10(2)13-8-11(9-13)6-4-5-7-12(11)3/h10H,4-9H2,1-3H3. The summed E-state index contributed by atoms with van der Waals surface area (Å²) in [6.45, 7) is 8.53. The zero-order valence-corrected chi connectivity index (χ0v) is 9.21. The van der Waals surface area contributed by atoms with Crippen molar-refractivity contribution in [1.82, 2.24) is 9.80 Å². The first-order valence-electron chi connectivity index (χ1n) is 5.59. The Hall–Kier alpha value is -0.0800. The summed E-state index contributed by atoms with van der Waals surface area (Å²) in [7, 11) is 2.30. The van der Waals surface area contributed by atoms with Crippen molar-refractivity contribution in [2.45, 2.75) is 44.7 Å². The van der Waals surface area contributed by atoms with Gasteiger partial charge in [-0.15, -0.1) is 0 Å². The molecule has 0 N–H and O–H groups in total. The van der Waals surface area contributed by atoms with Gasteiger partial charge < -0.3 is 0 Å². The molecule has 2 nitrogen and oxygen atoms in total. The Morgan fingerprint density at radius 2 is 1.85 bits per heavy atom. The van der Waals surface area contributed by atoms with Gasteiger partial charge in [0.1, 0.15) is 0 Å². The molecule has 0 unspecified atom stereocenters. The quantitative estimate of drug-likeness (QED) is 0.607. The second-order valence-corrected chi connectivity index (χ2v) is 5.10. The molecule has 76 valence electrons. The van der Waals surface area contributed by atoms with E-state index < -0.39 is 0 Å². The molecule has 0 amide bonds. The topological polar surface area (TPSA) is 6.48 Å². The van der Waals surface area contributed by atoms with Crippen LogP contribution in [0.5, 0.6) is 0 Å². The summed E-state index contributed by atoms with van der Waals surface area (Å²) >= 11 is 0. The molecule has 13 heavy (non-hydrogen) atoms. The summed E-state index contributed by atoms with van der Waals surface area (Å²) in [5.74, 6) is 0. The summed E-state index contributed by atoms with van der Waals surface area (Å²) < 4.78 is 0. The number of likely N-dealkylation sites (N-methyl/N-ethyl adjacent to an activating group) is 1. The van der Waals surface area contributed by atoms with Gasteiger partial charge in [0.2, 0.25) is 0 Å². The van der Waals surface area contributed by atoms with Crippen molar-refractivity contribution in [1.29, 1.82) is 0 Å². The number of piperidine rings is 1. The predicted octanol–water partition coefficient (Wildman–Crippen LogP) is 1.56. The second kappa shape index (κ2) is 3.25. The number of likely N-dealkylation sites (tertiary alicyclic amines) is 2. The van der Waals surface area contributed by atoms with Crippen LogP contribution in [0.3, 0.4) is 0 Å². The maximum Gasteiger partial charge on any atom is 0.0460 e. The number of rotatable bonds is 1. The Labute approximate surface area is 81.9 Å². The monoisotopic (exact) mass is 182 g/mol. The summed E-state index contributed by atoms with van der Waals surface area (Å²) in [6, 6.07) is 0.737. The van der Waals surface area contributed by atoms with Crippen LogP contribution in [-0.2, 0) is 0 Å². The van der Waals surface area contributed by atoms with Crippen LogP contribution < -0.4 is 0 Å². The molecule has 0 aromatic heterocycles. The molecule has 2 aliphatic heterocycles. The van der Waals surface area contributed by atoms with Gasteiger partial charge in [-0.05, 0) is 40.3 Å². The lowest BCUT2D eigenvalue weighted by atomic mass is 9.79. The van der Waals surface area contributed by atoms with Gasteiger partial charge in [0, 0.05) is 24.7 Å². The zero-order valence-electron chi connectivity index (χ0n) is 9.21. The Morgan fingerprint density at radius 3 is 2.38 bits per heavy atom. The van der Waals surface area contributed by atoms with Crippen molar-refractivity contribution < 1.29 is 0 Å². The van der Waals surface area contributed by atoms with Crippen LogP contribution in [0.25, 0.3) is 0 Å². The van der Waals surface area contributed by atoms with Gasteiger partial charge in [-0.3, -0.25) is 9.80 Å². The van der Waals surface area contributed by atoms with E-state index in [1.54, 1.807) is 0 Å². The molecule has 2 fully saturated rings. The normalized spacial score (nSPS) is 29.5.